The quantitative estimate of drug-likeness (QED) is 0.195. The van der Waals surface area contributed by atoms with Crippen LogP contribution in [0.2, 0.25) is 0 Å². The molecular weight excluding hydrogens is 594 g/mol. The van der Waals surface area contributed by atoms with Gasteiger partial charge in [-0.3, -0.25) is 9.69 Å². The van der Waals surface area contributed by atoms with Crippen LogP contribution in [0, 0.1) is 13.8 Å². The zero-order valence-corrected chi connectivity index (χ0v) is 28.8. The van der Waals surface area contributed by atoms with Crippen molar-refractivity contribution in [3.8, 4) is 28.7 Å². The van der Waals surface area contributed by atoms with E-state index in [2.05, 4.69) is 40.4 Å². The van der Waals surface area contributed by atoms with Crippen molar-refractivity contribution in [3.05, 3.63) is 52.1 Å². The van der Waals surface area contributed by atoms with Crippen molar-refractivity contribution in [2.24, 2.45) is 0 Å². The Morgan fingerprint density at radius 2 is 1.96 bits per heavy atom. The fraction of sp³-hybridized carbons (Fsp3) is 0.559. The molecule has 0 amide bonds. The van der Waals surface area contributed by atoms with E-state index in [9.17, 15) is 9.90 Å². The van der Waals surface area contributed by atoms with Crippen LogP contribution < -0.4 is 24.3 Å². The van der Waals surface area contributed by atoms with Gasteiger partial charge < -0.3 is 39.0 Å². The van der Waals surface area contributed by atoms with Gasteiger partial charge in [0.2, 0.25) is 6.79 Å². The summed E-state index contributed by atoms with van der Waals surface area (Å²) in [6.45, 7) is 13.0. The molecule has 3 aliphatic rings. The first kappa shape index (κ1) is 34.7. The number of rotatable bonds is 10. The molecule has 5 rings (SSSR count). The number of esters is 1. The summed E-state index contributed by atoms with van der Waals surface area (Å²) in [6.07, 6.45) is 3.02. The number of likely N-dealkylation sites (N-methyl/N-ethyl adjacent to an activating group) is 2. The lowest BCUT2D eigenvalue weighted by atomic mass is 9.81. The minimum absolute atomic E-state index is 0.0961. The Kier molecular flexibility index (Phi) is 11.6. The number of methoxy groups -OCH3 is 1. The molecule has 0 saturated carbocycles. The lowest BCUT2D eigenvalue weighted by molar-refractivity contribution is -0.148. The second-order valence-electron chi connectivity index (χ2n) is 11.5. The van der Waals surface area contributed by atoms with E-state index < -0.39 is 6.04 Å². The van der Waals surface area contributed by atoms with E-state index in [4.69, 9.17) is 23.7 Å². The number of hydrogen-bond acceptors (Lipinski definition) is 11. The Labute approximate surface area is 273 Å². The maximum Gasteiger partial charge on any atom is 0.324 e. The average Bonchev–Trinajstić information content (AvgIpc) is 3.46. The van der Waals surface area contributed by atoms with Gasteiger partial charge in [0.25, 0.3) is 0 Å². The molecule has 248 valence electrons. The monoisotopic (exact) mass is 643 g/mol. The summed E-state index contributed by atoms with van der Waals surface area (Å²) in [5, 5.41) is 14.6. The molecule has 0 fully saturated rings. The normalized spacial score (nSPS) is 20.5. The number of thiol groups is 1. The molecule has 0 aromatic heterocycles. The number of phenols is 1. The second-order valence-corrected chi connectivity index (χ2v) is 11.9. The van der Waals surface area contributed by atoms with Crippen LogP contribution in [0.5, 0.6) is 28.7 Å². The summed E-state index contributed by atoms with van der Waals surface area (Å²) in [6, 6.07) is 0.902. The van der Waals surface area contributed by atoms with Crippen molar-refractivity contribution in [3.63, 3.8) is 0 Å². The molecule has 11 heteroatoms. The SMILES string of the molecule is C=CCOc1c(C)c2c(c3c1CC1C(N(C)C)c4c(cc(C)c(OC)c4O)CCN1C3COC(=O)C(CS)NC)OCO2.CC. The maximum atomic E-state index is 13.1. The first-order valence-electron chi connectivity index (χ1n) is 15.6. The topological polar surface area (TPSA) is 102 Å². The van der Waals surface area contributed by atoms with Gasteiger partial charge in [0, 0.05) is 40.6 Å². The molecule has 0 aliphatic carbocycles. The molecular formula is C34H49N3O7S. The van der Waals surface area contributed by atoms with Gasteiger partial charge in [0.05, 0.1) is 19.2 Å². The molecule has 2 aromatic rings. The maximum absolute atomic E-state index is 13.1. The number of aryl methyl sites for hydroxylation is 1. The molecule has 10 nitrogen and oxygen atoms in total. The molecule has 4 atom stereocenters. The van der Waals surface area contributed by atoms with E-state index in [-0.39, 0.29) is 43.2 Å². The third-order valence-electron chi connectivity index (χ3n) is 8.88. The van der Waals surface area contributed by atoms with Crippen LogP contribution in [0.25, 0.3) is 0 Å². The predicted octanol–water partition coefficient (Wildman–Crippen LogP) is 4.53. The fourth-order valence-corrected chi connectivity index (χ4v) is 7.34. The van der Waals surface area contributed by atoms with Crippen LogP contribution in [0.3, 0.4) is 0 Å². The van der Waals surface area contributed by atoms with Crippen molar-refractivity contribution in [2.45, 2.75) is 64.7 Å². The molecule has 4 unspecified atom stereocenters. The first-order valence-corrected chi connectivity index (χ1v) is 16.3. The van der Waals surface area contributed by atoms with Crippen LogP contribution in [0.15, 0.2) is 18.7 Å². The summed E-state index contributed by atoms with van der Waals surface area (Å²) in [7, 11) is 7.35. The summed E-state index contributed by atoms with van der Waals surface area (Å²) >= 11 is 4.32. The predicted molar refractivity (Wildman–Crippen MR) is 178 cm³/mol. The Morgan fingerprint density at radius 3 is 2.58 bits per heavy atom. The van der Waals surface area contributed by atoms with Crippen molar-refractivity contribution in [2.75, 3.05) is 60.6 Å². The number of carbonyl (C=O) groups excluding carboxylic acids is 1. The van der Waals surface area contributed by atoms with Gasteiger partial charge in [-0.15, -0.1) is 0 Å². The molecule has 3 aliphatic heterocycles. The number of aromatic hydroxyl groups is 1. The number of fused-ring (bicyclic) bond motifs is 5. The molecule has 0 spiro atoms. The Hall–Kier alpha value is -3.12. The molecule has 2 aromatic carbocycles. The van der Waals surface area contributed by atoms with Gasteiger partial charge in [-0.1, -0.05) is 32.6 Å². The van der Waals surface area contributed by atoms with E-state index in [1.165, 1.54) is 0 Å². The van der Waals surface area contributed by atoms with Crippen molar-refractivity contribution in [1.82, 2.24) is 15.1 Å². The highest BCUT2D eigenvalue weighted by atomic mass is 32.1. The van der Waals surface area contributed by atoms with E-state index >= 15 is 0 Å². The highest BCUT2D eigenvalue weighted by molar-refractivity contribution is 7.80. The van der Waals surface area contributed by atoms with Crippen LogP contribution in [-0.2, 0) is 22.4 Å². The van der Waals surface area contributed by atoms with Gasteiger partial charge in [-0.05, 0) is 59.0 Å². The van der Waals surface area contributed by atoms with Crippen LogP contribution in [-0.4, -0.2) is 93.5 Å². The Balaban J connectivity index is 0.00000226. The van der Waals surface area contributed by atoms with Gasteiger partial charge in [0.15, 0.2) is 23.0 Å². The third kappa shape index (κ3) is 6.32. The number of nitrogens with zero attached hydrogens (tertiary/aromatic N) is 2. The first-order chi connectivity index (χ1) is 21.7. The van der Waals surface area contributed by atoms with Crippen molar-refractivity contribution < 1.29 is 33.6 Å². The van der Waals surface area contributed by atoms with Gasteiger partial charge in [-0.25, -0.2) is 0 Å². The highest BCUT2D eigenvalue weighted by Crippen LogP contribution is 2.55. The van der Waals surface area contributed by atoms with Gasteiger partial charge in [-0.2, -0.15) is 12.6 Å². The van der Waals surface area contributed by atoms with E-state index in [0.29, 0.717) is 49.0 Å². The van der Waals surface area contributed by atoms with Crippen molar-refractivity contribution in [1.29, 1.82) is 0 Å². The molecule has 0 radical (unpaired) electrons. The summed E-state index contributed by atoms with van der Waals surface area (Å²) in [5.41, 5.74) is 5.56. The zero-order valence-electron chi connectivity index (χ0n) is 27.9. The number of carbonyl (C=O) groups is 1. The number of benzene rings is 2. The summed E-state index contributed by atoms with van der Waals surface area (Å²) < 4.78 is 30.1. The summed E-state index contributed by atoms with van der Waals surface area (Å²) in [5.74, 6) is 2.64. The van der Waals surface area contributed by atoms with Gasteiger partial charge in [0.1, 0.15) is 25.0 Å². The summed E-state index contributed by atoms with van der Waals surface area (Å²) in [4.78, 5) is 17.6. The minimum Gasteiger partial charge on any atom is -0.504 e. The molecule has 2 N–H and O–H groups in total. The van der Waals surface area contributed by atoms with E-state index in [1.807, 2.05) is 41.8 Å². The largest absolute Gasteiger partial charge is 0.504 e. The van der Waals surface area contributed by atoms with Crippen LogP contribution in [0.4, 0.5) is 0 Å². The minimum atomic E-state index is -0.535. The average molecular weight is 644 g/mol. The van der Waals surface area contributed by atoms with Crippen LogP contribution >= 0.6 is 12.6 Å². The molecule has 0 saturated heterocycles. The third-order valence-corrected chi connectivity index (χ3v) is 9.25. The van der Waals surface area contributed by atoms with Crippen LogP contribution in [0.1, 0.15) is 59.3 Å². The van der Waals surface area contributed by atoms with E-state index in [0.717, 1.165) is 39.1 Å². The van der Waals surface area contributed by atoms with Crippen molar-refractivity contribution >= 4 is 18.6 Å². The number of phenolic OH excluding ortho intramolecular Hbond substituents is 1. The molecule has 0 bridgehead atoms. The molecule has 45 heavy (non-hydrogen) atoms. The zero-order chi connectivity index (χ0) is 33.0. The van der Waals surface area contributed by atoms with Gasteiger partial charge >= 0.3 is 5.97 Å². The lowest BCUT2D eigenvalue weighted by Gasteiger charge is -2.47. The number of ether oxygens (including phenoxy) is 5. The second kappa shape index (κ2) is 15.0. The number of hydrogen-bond donors (Lipinski definition) is 3. The standard InChI is InChI=1S/C32H43N3O7S.C2H6/c1-8-11-39-29-18(3)30-31(42-16-41-30)25-20(29)13-22-26(34(5)6)24-19(12-17(2)28(38-7)27(24)36)9-10-35(22)23(25)14-40-32(37)21(15-43)33-4;1-2/h8,12,21-23,26,33,36,43H,1,9-11,13-16H2,2-7H3;1-2H3. The lowest BCUT2D eigenvalue weighted by Crippen LogP contribution is -2.51. The smallest absolute Gasteiger partial charge is 0.324 e. The Bertz CT molecular complexity index is 1400. The Morgan fingerprint density at radius 1 is 1.24 bits per heavy atom. The molecule has 3 heterocycles. The van der Waals surface area contributed by atoms with E-state index in [1.54, 1.807) is 20.2 Å². The highest BCUT2D eigenvalue weighted by Gasteiger charge is 2.48. The number of nitrogens with one attached hydrogen (secondary N) is 1. The fourth-order valence-electron chi connectivity index (χ4n) is 7.01.